The number of amides is 1. The lowest BCUT2D eigenvalue weighted by Gasteiger charge is -2.04. The average molecular weight is 234 g/mol. The first-order valence-electron chi connectivity index (χ1n) is 4.32. The number of hydrogen-bond acceptors (Lipinski definition) is 4. The molecule has 1 unspecified atom stereocenters. The Balaban J connectivity index is 2.40. The smallest absolute Gasteiger partial charge is 0.264 e. The maximum absolute atomic E-state index is 11.5. The average Bonchev–Trinajstić information content (AvgIpc) is 2.50. The zero-order valence-corrected chi connectivity index (χ0v) is 9.65. The van der Waals surface area contributed by atoms with Crippen LogP contribution in [0.25, 0.3) is 0 Å². The molecule has 14 heavy (non-hydrogen) atoms. The van der Waals surface area contributed by atoms with E-state index >= 15 is 0 Å². The van der Waals surface area contributed by atoms with E-state index in [9.17, 15) is 4.79 Å². The van der Waals surface area contributed by atoms with Crippen molar-refractivity contribution in [3.63, 3.8) is 0 Å². The summed E-state index contributed by atoms with van der Waals surface area (Å²) >= 11 is 6.85. The Morgan fingerprint density at radius 3 is 2.93 bits per heavy atom. The fourth-order valence-corrected chi connectivity index (χ4v) is 1.59. The monoisotopic (exact) mass is 233 g/mol. The van der Waals surface area contributed by atoms with Gasteiger partial charge in [0, 0.05) is 11.9 Å². The minimum absolute atomic E-state index is 0.0796. The van der Waals surface area contributed by atoms with E-state index in [0.29, 0.717) is 17.1 Å². The van der Waals surface area contributed by atoms with Crippen molar-refractivity contribution in [2.75, 3.05) is 6.54 Å². The molecular weight excluding hydrogens is 222 g/mol. The Hall–Kier alpha value is -0.680. The lowest BCUT2D eigenvalue weighted by Crippen LogP contribution is -2.25. The Morgan fingerprint density at radius 1 is 1.71 bits per heavy atom. The third kappa shape index (κ3) is 3.23. The molecule has 1 aromatic rings. The molecule has 0 fully saturated rings. The predicted molar refractivity (Wildman–Crippen MR) is 56.9 cm³/mol. The Morgan fingerprint density at radius 2 is 2.43 bits per heavy atom. The number of nitrogens with one attached hydrogen (secondary N) is 1. The van der Waals surface area contributed by atoms with Gasteiger partial charge in [0.05, 0.1) is 5.69 Å². The number of hydrogen-bond donors (Lipinski definition) is 1. The standard InChI is InChI=1S/C8H12ClN3OS/c1-5(9)3-4-10-8(13)7-6(2)11-12-14-7/h5H,3-4H2,1-2H3,(H,10,13). The van der Waals surface area contributed by atoms with Crippen molar-refractivity contribution in [2.24, 2.45) is 0 Å². The van der Waals surface area contributed by atoms with Crippen LogP contribution in [0, 0.1) is 6.92 Å². The lowest BCUT2D eigenvalue weighted by molar-refractivity contribution is 0.0956. The Bertz CT molecular complexity index is 313. The van der Waals surface area contributed by atoms with Crippen molar-refractivity contribution in [1.82, 2.24) is 14.9 Å². The molecule has 1 heterocycles. The highest BCUT2D eigenvalue weighted by molar-refractivity contribution is 7.07. The molecule has 0 aliphatic rings. The quantitative estimate of drug-likeness (QED) is 0.804. The maximum Gasteiger partial charge on any atom is 0.264 e. The molecule has 1 rings (SSSR count). The summed E-state index contributed by atoms with van der Waals surface area (Å²) in [4.78, 5) is 12.1. The molecule has 1 N–H and O–H groups in total. The molecule has 0 aliphatic carbocycles. The number of carbonyl (C=O) groups is 1. The SMILES string of the molecule is Cc1nnsc1C(=O)NCCC(C)Cl. The summed E-state index contributed by atoms with van der Waals surface area (Å²) in [6.45, 7) is 4.25. The van der Waals surface area contributed by atoms with Gasteiger partial charge in [-0.2, -0.15) is 0 Å². The first-order valence-corrected chi connectivity index (χ1v) is 5.53. The van der Waals surface area contributed by atoms with Gasteiger partial charge in [0.25, 0.3) is 5.91 Å². The zero-order chi connectivity index (χ0) is 10.6. The van der Waals surface area contributed by atoms with Gasteiger partial charge in [-0.3, -0.25) is 4.79 Å². The van der Waals surface area contributed by atoms with Crippen LogP contribution in [-0.2, 0) is 0 Å². The number of carbonyl (C=O) groups excluding carboxylic acids is 1. The fourth-order valence-electron chi connectivity index (χ4n) is 0.905. The van der Waals surface area contributed by atoms with Crippen LogP contribution in [0.3, 0.4) is 0 Å². The van der Waals surface area contributed by atoms with Gasteiger partial charge >= 0.3 is 0 Å². The summed E-state index contributed by atoms with van der Waals surface area (Å²) in [7, 11) is 0. The van der Waals surface area contributed by atoms with Gasteiger partial charge in [-0.15, -0.1) is 16.7 Å². The minimum Gasteiger partial charge on any atom is -0.351 e. The Kier molecular flexibility index (Phi) is 4.28. The molecule has 6 heteroatoms. The van der Waals surface area contributed by atoms with Crippen LogP contribution in [0.2, 0.25) is 0 Å². The van der Waals surface area contributed by atoms with E-state index in [4.69, 9.17) is 11.6 Å². The van der Waals surface area contributed by atoms with Gasteiger partial charge < -0.3 is 5.32 Å². The molecule has 0 radical (unpaired) electrons. The van der Waals surface area contributed by atoms with E-state index in [1.165, 1.54) is 0 Å². The van der Waals surface area contributed by atoms with Crippen molar-refractivity contribution >= 4 is 29.0 Å². The molecule has 0 aliphatic heterocycles. The van der Waals surface area contributed by atoms with Crippen molar-refractivity contribution in [3.8, 4) is 0 Å². The molecule has 0 saturated heterocycles. The number of aryl methyl sites for hydroxylation is 1. The summed E-state index contributed by atoms with van der Waals surface area (Å²) in [6, 6.07) is 0. The summed E-state index contributed by atoms with van der Waals surface area (Å²) in [6.07, 6.45) is 0.762. The zero-order valence-electron chi connectivity index (χ0n) is 8.08. The highest BCUT2D eigenvalue weighted by Crippen LogP contribution is 2.08. The Labute approximate surface area is 91.8 Å². The van der Waals surface area contributed by atoms with Crippen molar-refractivity contribution in [3.05, 3.63) is 10.6 Å². The number of aromatic nitrogens is 2. The lowest BCUT2D eigenvalue weighted by atomic mass is 10.3. The first-order chi connectivity index (χ1) is 6.61. The largest absolute Gasteiger partial charge is 0.351 e. The predicted octanol–water partition coefficient (Wildman–Crippen LogP) is 1.59. The molecule has 78 valence electrons. The maximum atomic E-state index is 11.5. The molecule has 0 spiro atoms. The molecule has 0 saturated carbocycles. The van der Waals surface area contributed by atoms with Crippen LogP contribution in [0.5, 0.6) is 0 Å². The highest BCUT2D eigenvalue weighted by atomic mass is 35.5. The second-order valence-corrected chi connectivity index (χ2v) is 4.51. The topological polar surface area (TPSA) is 54.9 Å². The second-order valence-electron chi connectivity index (χ2n) is 3.01. The van der Waals surface area contributed by atoms with Crippen LogP contribution < -0.4 is 5.32 Å². The third-order valence-corrected chi connectivity index (χ3v) is 2.73. The first kappa shape index (κ1) is 11.4. The number of alkyl halides is 1. The van der Waals surface area contributed by atoms with Crippen LogP contribution in [0.1, 0.15) is 28.7 Å². The van der Waals surface area contributed by atoms with Gasteiger partial charge in [0.15, 0.2) is 0 Å². The van der Waals surface area contributed by atoms with E-state index in [-0.39, 0.29) is 11.3 Å². The van der Waals surface area contributed by atoms with Crippen LogP contribution in [-0.4, -0.2) is 27.4 Å². The third-order valence-electron chi connectivity index (χ3n) is 1.69. The number of nitrogens with zero attached hydrogens (tertiary/aromatic N) is 2. The van der Waals surface area contributed by atoms with Gasteiger partial charge in [0.2, 0.25) is 0 Å². The van der Waals surface area contributed by atoms with E-state index < -0.39 is 0 Å². The van der Waals surface area contributed by atoms with Crippen LogP contribution in [0.15, 0.2) is 0 Å². The van der Waals surface area contributed by atoms with Gasteiger partial charge in [-0.25, -0.2) is 0 Å². The van der Waals surface area contributed by atoms with E-state index in [0.717, 1.165) is 18.0 Å². The minimum atomic E-state index is -0.116. The molecule has 1 amide bonds. The number of rotatable bonds is 4. The van der Waals surface area contributed by atoms with Gasteiger partial charge in [-0.1, -0.05) is 4.49 Å². The van der Waals surface area contributed by atoms with Crippen molar-refractivity contribution < 1.29 is 4.79 Å². The highest BCUT2D eigenvalue weighted by Gasteiger charge is 2.12. The van der Waals surface area contributed by atoms with Gasteiger partial charge in [0.1, 0.15) is 4.88 Å². The van der Waals surface area contributed by atoms with Crippen molar-refractivity contribution in [1.29, 1.82) is 0 Å². The summed E-state index contributed by atoms with van der Waals surface area (Å²) in [5.74, 6) is -0.116. The molecule has 0 bridgehead atoms. The second kappa shape index (κ2) is 5.26. The normalized spacial score (nSPS) is 12.5. The molecule has 0 aromatic carbocycles. The summed E-state index contributed by atoms with van der Waals surface area (Å²) in [5, 5.41) is 6.61. The van der Waals surface area contributed by atoms with Crippen LogP contribution >= 0.6 is 23.1 Å². The fraction of sp³-hybridized carbons (Fsp3) is 0.625. The molecular formula is C8H12ClN3OS. The molecule has 1 atom stereocenters. The molecule has 4 nitrogen and oxygen atoms in total. The van der Waals surface area contributed by atoms with Crippen molar-refractivity contribution in [2.45, 2.75) is 25.6 Å². The van der Waals surface area contributed by atoms with E-state index in [1.54, 1.807) is 6.92 Å². The summed E-state index contributed by atoms with van der Waals surface area (Å²) in [5.41, 5.74) is 0.673. The van der Waals surface area contributed by atoms with Crippen LogP contribution in [0.4, 0.5) is 0 Å². The number of halogens is 1. The van der Waals surface area contributed by atoms with E-state index in [2.05, 4.69) is 14.9 Å². The van der Waals surface area contributed by atoms with E-state index in [1.807, 2.05) is 6.92 Å². The molecule has 1 aromatic heterocycles. The summed E-state index contributed by atoms with van der Waals surface area (Å²) < 4.78 is 3.69. The van der Waals surface area contributed by atoms with Gasteiger partial charge in [-0.05, 0) is 31.8 Å².